The molecule has 2 aromatic rings. The minimum Gasteiger partial charge on any atom is -0.493 e. The first-order valence-electron chi connectivity index (χ1n) is 7.66. The van der Waals surface area contributed by atoms with E-state index in [-0.39, 0.29) is 24.0 Å². The van der Waals surface area contributed by atoms with Gasteiger partial charge in [0.05, 0.1) is 39.4 Å². The van der Waals surface area contributed by atoms with Gasteiger partial charge < -0.3 is 24.3 Å². The van der Waals surface area contributed by atoms with E-state index < -0.39 is 5.82 Å². The molecule has 8 heteroatoms. The van der Waals surface area contributed by atoms with Gasteiger partial charge in [0.2, 0.25) is 11.7 Å². The molecule has 0 saturated carbocycles. The zero-order chi connectivity index (χ0) is 19.1. The third-order valence-corrected chi connectivity index (χ3v) is 3.72. The number of hydrogen-bond acceptors (Lipinski definition) is 5. The van der Waals surface area contributed by atoms with E-state index in [4.69, 9.17) is 30.5 Å². The van der Waals surface area contributed by atoms with Crippen molar-refractivity contribution in [3.8, 4) is 23.0 Å². The molecule has 0 bridgehead atoms. The molecule has 6 nitrogen and oxygen atoms in total. The maximum absolute atomic E-state index is 13.0. The molecule has 0 heterocycles. The SMILES string of the molecule is COc1cc(NC(=O)CCOc2ccc(F)cc2Cl)cc(OC)c1OC. The summed E-state index contributed by atoms with van der Waals surface area (Å²) in [6, 6.07) is 7.03. The van der Waals surface area contributed by atoms with Crippen LogP contribution in [0.5, 0.6) is 23.0 Å². The van der Waals surface area contributed by atoms with Gasteiger partial charge in [-0.25, -0.2) is 4.39 Å². The van der Waals surface area contributed by atoms with Crippen molar-refractivity contribution in [3.63, 3.8) is 0 Å². The van der Waals surface area contributed by atoms with Gasteiger partial charge in [-0.2, -0.15) is 0 Å². The number of methoxy groups -OCH3 is 3. The highest BCUT2D eigenvalue weighted by molar-refractivity contribution is 6.32. The summed E-state index contributed by atoms with van der Waals surface area (Å²) >= 11 is 5.86. The fourth-order valence-corrected chi connectivity index (χ4v) is 2.44. The first-order chi connectivity index (χ1) is 12.5. The third-order valence-electron chi connectivity index (χ3n) is 3.43. The fourth-order valence-electron chi connectivity index (χ4n) is 2.22. The van der Waals surface area contributed by atoms with Gasteiger partial charge in [-0.3, -0.25) is 4.79 Å². The van der Waals surface area contributed by atoms with Crippen LogP contribution in [0.1, 0.15) is 6.42 Å². The van der Waals surface area contributed by atoms with E-state index in [0.29, 0.717) is 28.7 Å². The Hall–Kier alpha value is -2.67. The number of amides is 1. The molecule has 1 N–H and O–H groups in total. The summed E-state index contributed by atoms with van der Waals surface area (Å²) in [5.41, 5.74) is 0.490. The lowest BCUT2D eigenvalue weighted by Crippen LogP contribution is -2.15. The molecular weight excluding hydrogens is 365 g/mol. The van der Waals surface area contributed by atoms with Crippen LogP contribution in [-0.4, -0.2) is 33.8 Å². The first kappa shape index (κ1) is 19.7. The van der Waals surface area contributed by atoms with Crippen molar-refractivity contribution in [2.75, 3.05) is 33.3 Å². The van der Waals surface area contributed by atoms with Gasteiger partial charge in [-0.15, -0.1) is 0 Å². The molecule has 0 saturated heterocycles. The van der Waals surface area contributed by atoms with Crippen LogP contribution in [0.4, 0.5) is 10.1 Å². The van der Waals surface area contributed by atoms with Crippen molar-refractivity contribution >= 4 is 23.2 Å². The molecule has 0 aliphatic heterocycles. The molecular formula is C18H19ClFNO5. The molecule has 0 spiro atoms. The second-order valence-electron chi connectivity index (χ2n) is 5.14. The van der Waals surface area contributed by atoms with E-state index in [0.717, 1.165) is 6.07 Å². The molecule has 0 radical (unpaired) electrons. The van der Waals surface area contributed by atoms with Crippen LogP contribution in [0.3, 0.4) is 0 Å². The Bertz CT molecular complexity index is 759. The maximum Gasteiger partial charge on any atom is 0.227 e. The summed E-state index contributed by atoms with van der Waals surface area (Å²) < 4.78 is 34.1. The largest absolute Gasteiger partial charge is 0.493 e. The van der Waals surface area contributed by atoms with E-state index in [2.05, 4.69) is 5.32 Å². The van der Waals surface area contributed by atoms with Gasteiger partial charge >= 0.3 is 0 Å². The Morgan fingerprint density at radius 3 is 2.23 bits per heavy atom. The van der Waals surface area contributed by atoms with Crippen LogP contribution in [0, 0.1) is 5.82 Å². The summed E-state index contributed by atoms with van der Waals surface area (Å²) in [6.45, 7) is 0.0849. The molecule has 2 aromatic carbocycles. The molecule has 0 aromatic heterocycles. The molecule has 140 valence electrons. The first-order valence-corrected chi connectivity index (χ1v) is 8.04. The fraction of sp³-hybridized carbons (Fsp3) is 0.278. The Balaban J connectivity index is 1.97. The van der Waals surface area contributed by atoms with Gasteiger partial charge in [-0.1, -0.05) is 11.6 Å². The van der Waals surface area contributed by atoms with Gasteiger partial charge in [0.15, 0.2) is 11.5 Å². The highest BCUT2D eigenvalue weighted by Gasteiger charge is 2.14. The molecule has 0 unspecified atom stereocenters. The second kappa shape index (κ2) is 9.15. The summed E-state index contributed by atoms with van der Waals surface area (Å²) in [4.78, 5) is 12.1. The monoisotopic (exact) mass is 383 g/mol. The number of carbonyl (C=O) groups excluding carboxylic acids is 1. The average Bonchev–Trinajstić information content (AvgIpc) is 2.62. The normalized spacial score (nSPS) is 10.2. The number of halogens is 2. The summed E-state index contributed by atoms with van der Waals surface area (Å²) in [5, 5.41) is 2.87. The van der Waals surface area contributed by atoms with E-state index in [1.807, 2.05) is 0 Å². The van der Waals surface area contributed by atoms with Crippen LogP contribution in [-0.2, 0) is 4.79 Å². The maximum atomic E-state index is 13.0. The van der Waals surface area contributed by atoms with Crippen molar-refractivity contribution in [1.82, 2.24) is 0 Å². The van der Waals surface area contributed by atoms with Gasteiger partial charge in [0, 0.05) is 17.8 Å². The average molecular weight is 384 g/mol. The number of anilines is 1. The number of rotatable bonds is 8. The van der Waals surface area contributed by atoms with E-state index >= 15 is 0 Å². The molecule has 0 aliphatic rings. The molecule has 1 amide bonds. The Kier molecular flexibility index (Phi) is 6.91. The number of benzene rings is 2. The molecule has 0 aliphatic carbocycles. The minimum atomic E-state index is -0.456. The number of ether oxygens (including phenoxy) is 4. The smallest absolute Gasteiger partial charge is 0.227 e. The molecule has 2 rings (SSSR count). The van der Waals surface area contributed by atoms with Crippen molar-refractivity contribution in [3.05, 3.63) is 41.2 Å². The lowest BCUT2D eigenvalue weighted by atomic mass is 10.2. The second-order valence-corrected chi connectivity index (χ2v) is 5.54. The van der Waals surface area contributed by atoms with Crippen LogP contribution in [0.15, 0.2) is 30.3 Å². The van der Waals surface area contributed by atoms with Crippen LogP contribution >= 0.6 is 11.6 Å². The van der Waals surface area contributed by atoms with Crippen molar-refractivity contribution in [2.24, 2.45) is 0 Å². The molecule has 0 atom stereocenters. The van der Waals surface area contributed by atoms with E-state index in [1.54, 1.807) is 12.1 Å². The lowest BCUT2D eigenvalue weighted by molar-refractivity contribution is -0.116. The number of carbonyl (C=O) groups is 1. The van der Waals surface area contributed by atoms with E-state index in [1.165, 1.54) is 33.5 Å². The topological polar surface area (TPSA) is 66.0 Å². The predicted octanol–water partition coefficient (Wildman–Crippen LogP) is 3.91. The predicted molar refractivity (Wildman–Crippen MR) is 96.2 cm³/mol. The summed E-state index contributed by atoms with van der Waals surface area (Å²) in [7, 11) is 4.48. The van der Waals surface area contributed by atoms with E-state index in [9.17, 15) is 9.18 Å². The zero-order valence-electron chi connectivity index (χ0n) is 14.6. The highest BCUT2D eigenvalue weighted by atomic mass is 35.5. The standard InChI is InChI=1S/C18H19ClFNO5/c1-23-15-9-12(10-16(24-2)18(15)25-3)21-17(22)6-7-26-14-5-4-11(20)8-13(14)19/h4-5,8-10H,6-7H2,1-3H3,(H,21,22). The molecule has 26 heavy (non-hydrogen) atoms. The molecule has 0 fully saturated rings. The number of nitrogens with one attached hydrogen (secondary N) is 1. The zero-order valence-corrected chi connectivity index (χ0v) is 15.4. The van der Waals surface area contributed by atoms with Crippen molar-refractivity contribution < 1.29 is 28.1 Å². The number of hydrogen-bond donors (Lipinski definition) is 1. The van der Waals surface area contributed by atoms with Crippen molar-refractivity contribution in [1.29, 1.82) is 0 Å². The Morgan fingerprint density at radius 2 is 1.69 bits per heavy atom. The quantitative estimate of drug-likeness (QED) is 0.748. The summed E-state index contributed by atoms with van der Waals surface area (Å²) in [5.74, 6) is 0.865. The summed E-state index contributed by atoms with van der Waals surface area (Å²) in [6.07, 6.45) is 0.0738. The van der Waals surface area contributed by atoms with Crippen LogP contribution in [0.25, 0.3) is 0 Å². The Morgan fingerprint density at radius 1 is 1.04 bits per heavy atom. The van der Waals surface area contributed by atoms with Gasteiger partial charge in [0.1, 0.15) is 11.6 Å². The van der Waals surface area contributed by atoms with Gasteiger partial charge in [0.25, 0.3) is 0 Å². The van der Waals surface area contributed by atoms with Crippen molar-refractivity contribution in [2.45, 2.75) is 6.42 Å². The minimum absolute atomic E-state index is 0.0738. The lowest BCUT2D eigenvalue weighted by Gasteiger charge is -2.14. The van der Waals surface area contributed by atoms with Crippen LogP contribution in [0.2, 0.25) is 5.02 Å². The Labute approximate surface area is 155 Å². The van der Waals surface area contributed by atoms with Crippen LogP contribution < -0.4 is 24.3 Å². The van der Waals surface area contributed by atoms with Gasteiger partial charge in [-0.05, 0) is 18.2 Å². The third kappa shape index (κ3) is 4.92. The highest BCUT2D eigenvalue weighted by Crippen LogP contribution is 2.39.